The lowest BCUT2D eigenvalue weighted by Crippen LogP contribution is -2.24. The Kier molecular flexibility index (Phi) is 3.68. The van der Waals surface area contributed by atoms with E-state index >= 15 is 0 Å². The Balaban J connectivity index is 2.03. The molecule has 1 N–H and O–H groups in total. The maximum atomic E-state index is 11.6. The molecule has 5 nitrogen and oxygen atoms in total. The fourth-order valence-corrected chi connectivity index (χ4v) is 2.85. The van der Waals surface area contributed by atoms with Crippen LogP contribution in [-0.2, 0) is 16.0 Å². The highest BCUT2D eigenvalue weighted by atomic mass is 32.1. The molecular formula is C10H12N2O3S2. The van der Waals surface area contributed by atoms with Gasteiger partial charge in [0.05, 0.1) is 12.1 Å². The van der Waals surface area contributed by atoms with Crippen LogP contribution >= 0.6 is 24.0 Å². The number of carboxylic acids is 1. The van der Waals surface area contributed by atoms with Crippen molar-refractivity contribution in [2.45, 2.75) is 24.5 Å². The molecule has 2 heterocycles. The largest absolute Gasteiger partial charge is 0.481 e. The molecule has 1 saturated heterocycles. The Labute approximate surface area is 108 Å². The van der Waals surface area contributed by atoms with Gasteiger partial charge in [-0.15, -0.1) is 11.3 Å². The molecule has 0 aromatic carbocycles. The average Bonchev–Trinajstić information content (AvgIpc) is 2.82. The van der Waals surface area contributed by atoms with Gasteiger partial charge in [0.15, 0.2) is 5.13 Å². The summed E-state index contributed by atoms with van der Waals surface area (Å²) in [6.07, 6.45) is 0.900. The van der Waals surface area contributed by atoms with Gasteiger partial charge >= 0.3 is 5.97 Å². The molecule has 92 valence electrons. The molecule has 0 aliphatic carbocycles. The van der Waals surface area contributed by atoms with Gasteiger partial charge in [-0.1, -0.05) is 0 Å². The first-order chi connectivity index (χ1) is 8.06. The molecule has 0 saturated carbocycles. The second-order valence-electron chi connectivity index (χ2n) is 3.88. The topological polar surface area (TPSA) is 70.5 Å². The predicted octanol–water partition coefficient (Wildman–Crippen LogP) is 1.20. The zero-order chi connectivity index (χ0) is 12.4. The number of thiol groups is 1. The van der Waals surface area contributed by atoms with Crippen LogP contribution < -0.4 is 4.90 Å². The molecule has 0 radical (unpaired) electrons. The molecule has 1 aromatic heterocycles. The maximum absolute atomic E-state index is 11.6. The van der Waals surface area contributed by atoms with Gasteiger partial charge in [-0.25, -0.2) is 4.98 Å². The predicted molar refractivity (Wildman–Crippen MR) is 67.8 cm³/mol. The molecule has 17 heavy (non-hydrogen) atoms. The summed E-state index contributed by atoms with van der Waals surface area (Å²) >= 11 is 5.64. The van der Waals surface area contributed by atoms with Gasteiger partial charge in [-0.2, -0.15) is 12.6 Å². The molecule has 1 unspecified atom stereocenters. The zero-order valence-corrected chi connectivity index (χ0v) is 10.7. The fraction of sp³-hybridized carbons (Fsp3) is 0.500. The van der Waals surface area contributed by atoms with E-state index in [0.29, 0.717) is 24.5 Å². The Bertz CT molecular complexity index is 447. The number of nitrogens with zero attached hydrogens (tertiary/aromatic N) is 2. The number of hydrogen-bond acceptors (Lipinski definition) is 5. The molecule has 1 aromatic rings. The van der Waals surface area contributed by atoms with E-state index in [9.17, 15) is 9.59 Å². The lowest BCUT2D eigenvalue weighted by molar-refractivity contribution is -0.137. The van der Waals surface area contributed by atoms with Gasteiger partial charge in [-0.3, -0.25) is 14.5 Å². The van der Waals surface area contributed by atoms with Crippen molar-refractivity contribution in [1.82, 2.24) is 4.98 Å². The summed E-state index contributed by atoms with van der Waals surface area (Å²) in [5.74, 6) is -0.809. The zero-order valence-electron chi connectivity index (χ0n) is 9.00. The molecular weight excluding hydrogens is 260 g/mol. The van der Waals surface area contributed by atoms with Crippen LogP contribution in [0.5, 0.6) is 0 Å². The third-order valence-corrected chi connectivity index (χ3v) is 3.73. The van der Waals surface area contributed by atoms with Crippen LogP contribution in [0.4, 0.5) is 5.13 Å². The van der Waals surface area contributed by atoms with Crippen LogP contribution in [0.1, 0.15) is 18.5 Å². The minimum Gasteiger partial charge on any atom is -0.481 e. The van der Waals surface area contributed by atoms with Crippen molar-refractivity contribution in [3.8, 4) is 0 Å². The van der Waals surface area contributed by atoms with E-state index in [2.05, 4.69) is 17.6 Å². The van der Waals surface area contributed by atoms with Crippen molar-refractivity contribution < 1.29 is 14.7 Å². The van der Waals surface area contributed by atoms with Crippen LogP contribution in [0, 0.1) is 0 Å². The van der Waals surface area contributed by atoms with Crippen molar-refractivity contribution in [2.24, 2.45) is 0 Å². The van der Waals surface area contributed by atoms with Gasteiger partial charge in [0, 0.05) is 30.0 Å². The normalized spacial score (nSPS) is 19.9. The lowest BCUT2D eigenvalue weighted by atomic mass is 10.2. The highest BCUT2D eigenvalue weighted by Crippen LogP contribution is 2.27. The first kappa shape index (κ1) is 12.4. The Morgan fingerprint density at radius 3 is 3.06 bits per heavy atom. The maximum Gasteiger partial charge on any atom is 0.303 e. The number of aliphatic carboxylic acids is 1. The van der Waals surface area contributed by atoms with Gasteiger partial charge in [0.25, 0.3) is 0 Å². The second-order valence-corrected chi connectivity index (χ2v) is 5.44. The number of carbonyl (C=O) groups is 2. The fourth-order valence-electron chi connectivity index (χ4n) is 1.64. The summed E-state index contributed by atoms with van der Waals surface area (Å²) < 4.78 is 0. The lowest BCUT2D eigenvalue weighted by Gasteiger charge is -2.10. The Morgan fingerprint density at radius 2 is 2.47 bits per heavy atom. The van der Waals surface area contributed by atoms with Crippen LogP contribution in [0.2, 0.25) is 0 Å². The van der Waals surface area contributed by atoms with Gasteiger partial charge < -0.3 is 5.11 Å². The molecule has 1 aliphatic rings. The van der Waals surface area contributed by atoms with Crippen molar-refractivity contribution in [2.75, 3.05) is 11.4 Å². The molecule has 1 fully saturated rings. The molecule has 0 spiro atoms. The number of rotatable bonds is 4. The first-order valence-corrected chi connectivity index (χ1v) is 6.60. The Hall–Kier alpha value is -1.08. The number of anilines is 1. The third-order valence-electron chi connectivity index (χ3n) is 2.47. The van der Waals surface area contributed by atoms with E-state index in [4.69, 9.17) is 5.11 Å². The number of hydrogen-bond donors (Lipinski definition) is 2. The van der Waals surface area contributed by atoms with Crippen LogP contribution in [-0.4, -0.2) is 33.8 Å². The summed E-state index contributed by atoms with van der Waals surface area (Å²) in [6, 6.07) is 0. The van der Waals surface area contributed by atoms with E-state index in [1.54, 1.807) is 10.3 Å². The number of aryl methyl sites for hydroxylation is 1. The number of thiazole rings is 1. The molecule has 7 heteroatoms. The number of carboxylic acid groups (broad SMARTS) is 1. The van der Waals surface area contributed by atoms with E-state index in [1.165, 1.54) is 11.3 Å². The van der Waals surface area contributed by atoms with Crippen LogP contribution in [0.25, 0.3) is 0 Å². The van der Waals surface area contributed by atoms with Gasteiger partial charge in [0.1, 0.15) is 0 Å². The molecule has 2 rings (SSSR count). The minimum absolute atomic E-state index is 0.0316. The number of aromatic nitrogens is 1. The number of amides is 1. The van der Waals surface area contributed by atoms with Crippen molar-refractivity contribution >= 4 is 41.0 Å². The summed E-state index contributed by atoms with van der Waals surface area (Å²) in [5.41, 5.74) is 0.725. The van der Waals surface area contributed by atoms with E-state index in [-0.39, 0.29) is 17.6 Å². The Morgan fingerprint density at radius 1 is 1.71 bits per heavy atom. The van der Waals surface area contributed by atoms with Gasteiger partial charge in [0.2, 0.25) is 5.91 Å². The molecule has 1 amide bonds. The SMILES string of the molecule is O=C(O)CCc1csc(N2CC(S)CC2=O)n1. The van der Waals surface area contributed by atoms with Gasteiger partial charge in [-0.05, 0) is 0 Å². The van der Waals surface area contributed by atoms with Crippen LogP contribution in [0.3, 0.4) is 0 Å². The monoisotopic (exact) mass is 272 g/mol. The number of carbonyl (C=O) groups excluding carboxylic acids is 1. The summed E-state index contributed by atoms with van der Waals surface area (Å²) in [6.45, 7) is 0.577. The average molecular weight is 272 g/mol. The third kappa shape index (κ3) is 2.98. The van der Waals surface area contributed by atoms with E-state index < -0.39 is 5.97 Å². The molecule has 0 bridgehead atoms. The van der Waals surface area contributed by atoms with Crippen molar-refractivity contribution in [3.05, 3.63) is 11.1 Å². The second kappa shape index (κ2) is 5.05. The van der Waals surface area contributed by atoms with E-state index in [0.717, 1.165) is 5.69 Å². The molecule has 1 aliphatic heterocycles. The molecule has 1 atom stereocenters. The quantitative estimate of drug-likeness (QED) is 0.808. The van der Waals surface area contributed by atoms with Crippen LogP contribution in [0.15, 0.2) is 5.38 Å². The standard InChI is InChI=1S/C10H12N2O3S2/c13-8-3-7(16)4-12(8)10-11-6(5-17-10)1-2-9(14)15/h5,7,16H,1-4H2,(H,14,15). The highest BCUT2D eigenvalue weighted by molar-refractivity contribution is 7.81. The highest BCUT2D eigenvalue weighted by Gasteiger charge is 2.30. The summed E-state index contributed by atoms with van der Waals surface area (Å²) in [5, 5.41) is 11.1. The summed E-state index contributed by atoms with van der Waals surface area (Å²) in [7, 11) is 0. The summed E-state index contributed by atoms with van der Waals surface area (Å²) in [4.78, 5) is 27.9. The first-order valence-electron chi connectivity index (χ1n) is 5.21. The van der Waals surface area contributed by atoms with E-state index in [1.807, 2.05) is 0 Å². The minimum atomic E-state index is -0.841. The van der Waals surface area contributed by atoms with Crippen molar-refractivity contribution in [3.63, 3.8) is 0 Å². The van der Waals surface area contributed by atoms with Crippen molar-refractivity contribution in [1.29, 1.82) is 0 Å². The smallest absolute Gasteiger partial charge is 0.303 e.